The van der Waals surface area contributed by atoms with Crippen molar-refractivity contribution in [2.75, 3.05) is 0 Å². The van der Waals surface area contributed by atoms with Gasteiger partial charge in [0.1, 0.15) is 22.5 Å². The van der Waals surface area contributed by atoms with Crippen molar-refractivity contribution in [2.24, 2.45) is 0 Å². The highest BCUT2D eigenvalue weighted by Gasteiger charge is 2.24. The Morgan fingerprint density at radius 3 is 1.71 bits per heavy atom. The van der Waals surface area contributed by atoms with Crippen molar-refractivity contribution in [1.82, 2.24) is 0 Å². The first kappa shape index (κ1) is 26.9. The molecule has 11 rings (SSSR count). The smallest absolute Gasteiger partial charge is 0.147 e. The Labute approximate surface area is 285 Å². The van der Waals surface area contributed by atoms with Gasteiger partial charge in [0, 0.05) is 42.1 Å². The zero-order valence-electron chi connectivity index (χ0n) is 26.2. The predicted molar refractivity (Wildman–Crippen MR) is 208 cm³/mol. The molecule has 0 aliphatic carbocycles. The Kier molecular flexibility index (Phi) is 5.57. The van der Waals surface area contributed by atoms with E-state index in [0.717, 1.165) is 49.8 Å². The van der Waals surface area contributed by atoms with E-state index in [9.17, 15) is 0 Å². The molecule has 0 saturated carbocycles. The van der Waals surface area contributed by atoms with Gasteiger partial charge in [-0.15, -0.1) is 11.3 Å². The third-order valence-corrected chi connectivity index (χ3v) is 11.3. The van der Waals surface area contributed by atoms with E-state index in [4.69, 9.17) is 8.83 Å². The maximum atomic E-state index is 6.71. The van der Waals surface area contributed by atoms with E-state index in [2.05, 4.69) is 133 Å². The lowest BCUT2D eigenvalue weighted by Crippen LogP contribution is -1.91. The molecule has 0 saturated heterocycles. The first-order chi connectivity index (χ1) is 24.3. The number of furan rings is 2. The fourth-order valence-electron chi connectivity index (χ4n) is 7.99. The highest BCUT2D eigenvalue weighted by molar-refractivity contribution is 7.26. The molecule has 0 bridgehead atoms. The molecule has 8 aromatic carbocycles. The fourth-order valence-corrected chi connectivity index (χ4v) is 9.21. The van der Waals surface area contributed by atoms with Gasteiger partial charge in [-0.25, -0.2) is 0 Å². The van der Waals surface area contributed by atoms with Crippen LogP contribution in [0.25, 0.3) is 108 Å². The van der Waals surface area contributed by atoms with Crippen molar-refractivity contribution < 1.29 is 8.83 Å². The van der Waals surface area contributed by atoms with E-state index >= 15 is 0 Å². The molecule has 49 heavy (non-hydrogen) atoms. The van der Waals surface area contributed by atoms with Crippen LogP contribution in [-0.2, 0) is 0 Å². The fraction of sp³-hybridized carbons (Fsp3) is 0. The van der Waals surface area contributed by atoms with Crippen LogP contribution in [0.4, 0.5) is 0 Å². The number of fused-ring (bicyclic) bond motifs is 10. The summed E-state index contributed by atoms with van der Waals surface area (Å²) in [5.41, 5.74) is 8.42. The Morgan fingerprint density at radius 2 is 0.980 bits per heavy atom. The minimum Gasteiger partial charge on any atom is -0.456 e. The van der Waals surface area contributed by atoms with Crippen molar-refractivity contribution in [2.45, 2.75) is 0 Å². The second-order valence-corrected chi connectivity index (χ2v) is 13.8. The zero-order chi connectivity index (χ0) is 32.1. The molecular formula is C46H26O2S. The lowest BCUT2D eigenvalue weighted by molar-refractivity contribution is 0.631. The van der Waals surface area contributed by atoms with E-state index in [1.54, 1.807) is 0 Å². The highest BCUT2D eigenvalue weighted by atomic mass is 32.1. The average molecular weight is 643 g/mol. The monoisotopic (exact) mass is 642 g/mol. The number of thiophene rings is 1. The van der Waals surface area contributed by atoms with Gasteiger partial charge in [-0.3, -0.25) is 0 Å². The van der Waals surface area contributed by atoms with Crippen LogP contribution < -0.4 is 0 Å². The number of hydrogen-bond acceptors (Lipinski definition) is 3. The van der Waals surface area contributed by atoms with Crippen LogP contribution in [0, 0.1) is 0 Å². The average Bonchev–Trinajstić information content (AvgIpc) is 3.88. The summed E-state index contributed by atoms with van der Waals surface area (Å²) in [5, 5.41) is 10.7. The zero-order valence-corrected chi connectivity index (χ0v) is 27.1. The van der Waals surface area contributed by atoms with E-state index in [1.165, 1.54) is 58.4 Å². The first-order valence-corrected chi connectivity index (χ1v) is 17.4. The summed E-state index contributed by atoms with van der Waals surface area (Å²) in [4.78, 5) is 0. The van der Waals surface area contributed by atoms with Gasteiger partial charge >= 0.3 is 0 Å². The molecule has 0 aliphatic heterocycles. The summed E-state index contributed by atoms with van der Waals surface area (Å²) < 4.78 is 16.0. The van der Waals surface area contributed by atoms with Crippen molar-refractivity contribution in [3.8, 4) is 33.6 Å². The van der Waals surface area contributed by atoms with Gasteiger partial charge in [0.05, 0.1) is 5.39 Å². The molecular weight excluding hydrogens is 617 g/mol. The van der Waals surface area contributed by atoms with Crippen molar-refractivity contribution in [1.29, 1.82) is 0 Å². The molecule has 0 aliphatic rings. The minimum absolute atomic E-state index is 0.813. The van der Waals surface area contributed by atoms with Crippen LogP contribution in [0.5, 0.6) is 0 Å². The largest absolute Gasteiger partial charge is 0.456 e. The third kappa shape index (κ3) is 3.82. The molecule has 0 spiro atoms. The van der Waals surface area contributed by atoms with Gasteiger partial charge in [-0.05, 0) is 62.5 Å². The van der Waals surface area contributed by atoms with Gasteiger partial charge in [-0.2, -0.15) is 0 Å². The molecule has 0 atom stereocenters. The Morgan fingerprint density at radius 1 is 0.388 bits per heavy atom. The molecule has 0 radical (unpaired) electrons. The van der Waals surface area contributed by atoms with Gasteiger partial charge < -0.3 is 8.83 Å². The van der Waals surface area contributed by atoms with Gasteiger partial charge in [0.25, 0.3) is 0 Å². The van der Waals surface area contributed by atoms with Crippen molar-refractivity contribution in [3.63, 3.8) is 0 Å². The first-order valence-electron chi connectivity index (χ1n) is 16.6. The maximum Gasteiger partial charge on any atom is 0.147 e. The van der Waals surface area contributed by atoms with Crippen LogP contribution >= 0.6 is 11.3 Å². The van der Waals surface area contributed by atoms with Gasteiger partial charge in [0.15, 0.2) is 0 Å². The van der Waals surface area contributed by atoms with Crippen LogP contribution in [-0.4, -0.2) is 0 Å². The number of hydrogen-bond donors (Lipinski definition) is 0. The third-order valence-electron chi connectivity index (χ3n) is 10.1. The van der Waals surface area contributed by atoms with Crippen molar-refractivity contribution >= 4 is 86.0 Å². The summed E-state index contributed by atoms with van der Waals surface area (Å²) in [5.74, 6) is 0.830. The van der Waals surface area contributed by atoms with E-state index in [-0.39, 0.29) is 0 Å². The lowest BCUT2D eigenvalue weighted by Gasteiger charge is -2.18. The molecule has 3 heteroatoms. The number of benzene rings is 8. The number of rotatable bonds is 3. The maximum absolute atomic E-state index is 6.71. The second kappa shape index (κ2) is 10.2. The van der Waals surface area contributed by atoms with Crippen LogP contribution in [0.3, 0.4) is 0 Å². The summed E-state index contributed by atoms with van der Waals surface area (Å²) in [7, 11) is 0. The molecule has 0 fully saturated rings. The summed E-state index contributed by atoms with van der Waals surface area (Å²) in [6.45, 7) is 0. The second-order valence-electron chi connectivity index (χ2n) is 12.7. The summed E-state index contributed by atoms with van der Waals surface area (Å²) >= 11 is 1.88. The molecule has 0 N–H and O–H groups in total. The molecule has 228 valence electrons. The Hall–Kier alpha value is -6.16. The van der Waals surface area contributed by atoms with Crippen LogP contribution in [0.2, 0.25) is 0 Å². The minimum atomic E-state index is 0.813. The lowest BCUT2D eigenvalue weighted by atomic mass is 9.84. The molecule has 3 heterocycles. The SMILES string of the molecule is c1ccc(-c2cc3c(cc(-c4c5ccccc5c(-c5cccc6c5sc5ccccc56)c5ccccc45)c4c5ccccc5oc34)o2)cc1. The molecule has 2 nitrogen and oxygen atoms in total. The summed E-state index contributed by atoms with van der Waals surface area (Å²) in [6, 6.07) is 56.4. The topological polar surface area (TPSA) is 26.3 Å². The van der Waals surface area contributed by atoms with Crippen LogP contribution in [0.1, 0.15) is 0 Å². The van der Waals surface area contributed by atoms with E-state index in [0.29, 0.717) is 0 Å². The Balaban J connectivity index is 1.30. The van der Waals surface area contributed by atoms with Gasteiger partial charge in [-0.1, -0.05) is 133 Å². The van der Waals surface area contributed by atoms with Crippen molar-refractivity contribution in [3.05, 3.63) is 158 Å². The molecule has 0 unspecified atom stereocenters. The Bertz CT molecular complexity index is 3050. The van der Waals surface area contributed by atoms with Crippen LogP contribution in [0.15, 0.2) is 167 Å². The van der Waals surface area contributed by atoms with Gasteiger partial charge in [0.2, 0.25) is 0 Å². The highest BCUT2D eigenvalue weighted by Crippen LogP contribution is 2.51. The van der Waals surface area contributed by atoms with E-state index < -0.39 is 0 Å². The molecule has 0 amide bonds. The number of para-hydroxylation sites is 1. The van der Waals surface area contributed by atoms with E-state index in [1.807, 2.05) is 35.6 Å². The summed E-state index contributed by atoms with van der Waals surface area (Å²) in [6.07, 6.45) is 0. The quantitative estimate of drug-likeness (QED) is 0.179. The predicted octanol–water partition coefficient (Wildman–Crippen LogP) is 14.0. The molecule has 11 aromatic rings. The molecule has 3 aromatic heterocycles. The normalized spacial score (nSPS) is 12.1. The standard InChI is InChI=1S/C46H26O2S/c1-2-13-27(14-3-1)39-25-36-40(47-39)26-37(44-34-20-8-10-23-38(34)48-45(36)44)43-31-18-6-4-16-29(31)42(30-17-5-7-19-32(30)43)35-22-12-21-33-28-15-9-11-24-41(28)49-46(33)35/h1-26H.